The van der Waals surface area contributed by atoms with Crippen LogP contribution in [0.5, 0.6) is 0 Å². The van der Waals surface area contributed by atoms with Gasteiger partial charge in [-0.25, -0.2) is 18.2 Å². The summed E-state index contributed by atoms with van der Waals surface area (Å²) in [6.45, 7) is 0.473. The minimum atomic E-state index is -5.76. The SMILES string of the molecule is C[C@@](NC(=S)NC(=O)c1ccccc1)(c1nc(Br)ccc1F)C(F)(F)[C@@H](O)C(F)(F)F. The predicted octanol–water partition coefficient (Wildman–Crippen LogP) is 4.06. The molecule has 168 valence electrons. The summed E-state index contributed by atoms with van der Waals surface area (Å²) >= 11 is 7.63. The van der Waals surface area contributed by atoms with Crippen LogP contribution in [0.3, 0.4) is 0 Å². The standard InChI is InChI=1S/C18H14BrF6N3O2S/c1-16(12-10(20)7-8-11(19)26-12,17(21,22)14(30)18(23,24)25)28-15(31)27-13(29)9-5-3-2-4-6-9/h2-8,14,30H,1H3,(H2,27,28,29,31)/t14-,16-/m1/s1. The van der Waals surface area contributed by atoms with Gasteiger partial charge in [0.1, 0.15) is 21.7 Å². The average Bonchev–Trinajstić information content (AvgIpc) is 2.68. The summed E-state index contributed by atoms with van der Waals surface area (Å²) in [6.07, 6.45) is -9.96. The quantitative estimate of drug-likeness (QED) is 0.309. The first kappa shape index (κ1) is 25.0. The van der Waals surface area contributed by atoms with Gasteiger partial charge >= 0.3 is 12.1 Å². The Morgan fingerprint density at radius 2 is 1.71 bits per heavy atom. The van der Waals surface area contributed by atoms with Crippen LogP contribution in [0, 0.1) is 5.82 Å². The molecule has 0 aliphatic carbocycles. The number of nitrogens with zero attached hydrogens (tertiary/aromatic N) is 1. The summed E-state index contributed by atoms with van der Waals surface area (Å²) in [6, 6.07) is 9.07. The number of nitrogens with one attached hydrogen (secondary N) is 2. The number of aliphatic hydroxyl groups excluding tert-OH is 1. The maximum absolute atomic E-state index is 15.0. The number of carbonyl (C=O) groups excluding carboxylic acids is 1. The molecule has 0 unspecified atom stereocenters. The van der Waals surface area contributed by atoms with Crippen LogP contribution in [-0.2, 0) is 5.54 Å². The molecular formula is C18H14BrF6N3O2S. The molecule has 1 aromatic carbocycles. The Kier molecular flexibility index (Phi) is 7.33. The predicted molar refractivity (Wildman–Crippen MR) is 106 cm³/mol. The molecule has 0 saturated heterocycles. The molecule has 1 heterocycles. The Balaban J connectivity index is 2.48. The fourth-order valence-corrected chi connectivity index (χ4v) is 3.18. The number of halogens is 7. The number of carbonyl (C=O) groups is 1. The van der Waals surface area contributed by atoms with Crippen LogP contribution in [0.4, 0.5) is 26.3 Å². The first-order chi connectivity index (χ1) is 14.2. The third-order valence-corrected chi connectivity index (χ3v) is 4.88. The normalized spacial score (nSPS) is 15.0. The monoisotopic (exact) mass is 529 g/mol. The van der Waals surface area contributed by atoms with Crippen molar-refractivity contribution >= 4 is 39.2 Å². The number of amides is 1. The van der Waals surface area contributed by atoms with Crippen molar-refractivity contribution in [2.45, 2.75) is 30.7 Å². The van der Waals surface area contributed by atoms with E-state index in [1.54, 1.807) is 6.07 Å². The molecule has 2 atom stereocenters. The highest BCUT2D eigenvalue weighted by molar-refractivity contribution is 9.10. The Hall–Kier alpha value is -2.25. The van der Waals surface area contributed by atoms with Crippen LogP contribution in [-0.4, -0.2) is 39.3 Å². The Labute approximate surface area is 186 Å². The van der Waals surface area contributed by atoms with Gasteiger partial charge in [0.25, 0.3) is 5.91 Å². The fourth-order valence-electron chi connectivity index (χ4n) is 2.57. The molecule has 3 N–H and O–H groups in total. The van der Waals surface area contributed by atoms with Gasteiger partial charge in [-0.2, -0.15) is 13.2 Å². The molecule has 0 aliphatic rings. The number of aromatic nitrogens is 1. The molecule has 0 saturated carbocycles. The van der Waals surface area contributed by atoms with Crippen LogP contribution in [0.25, 0.3) is 0 Å². The van der Waals surface area contributed by atoms with Crippen LogP contribution in [0.2, 0.25) is 0 Å². The molecule has 1 aromatic heterocycles. The zero-order valence-corrected chi connectivity index (χ0v) is 17.9. The van der Waals surface area contributed by atoms with Gasteiger partial charge in [-0.05, 0) is 59.3 Å². The summed E-state index contributed by atoms with van der Waals surface area (Å²) in [5.74, 6) is -7.34. The molecule has 0 aliphatic heterocycles. The van der Waals surface area contributed by atoms with Gasteiger partial charge < -0.3 is 10.4 Å². The van der Waals surface area contributed by atoms with Crippen molar-refractivity contribution in [3.8, 4) is 0 Å². The van der Waals surface area contributed by atoms with Gasteiger partial charge in [-0.15, -0.1) is 0 Å². The number of hydrogen-bond donors (Lipinski definition) is 3. The lowest BCUT2D eigenvalue weighted by Crippen LogP contribution is -2.65. The minimum absolute atomic E-state index is 0.0715. The van der Waals surface area contributed by atoms with E-state index in [4.69, 9.17) is 12.2 Å². The summed E-state index contributed by atoms with van der Waals surface area (Å²) < 4.78 is 83.0. The average molecular weight is 530 g/mol. The van der Waals surface area contributed by atoms with Crippen LogP contribution in [0.15, 0.2) is 47.1 Å². The lowest BCUT2D eigenvalue weighted by Gasteiger charge is -2.41. The van der Waals surface area contributed by atoms with E-state index in [-0.39, 0.29) is 10.2 Å². The molecule has 0 radical (unpaired) electrons. The molecule has 13 heteroatoms. The first-order valence-electron chi connectivity index (χ1n) is 8.34. The van der Waals surface area contributed by atoms with Gasteiger partial charge in [0.2, 0.25) is 6.10 Å². The lowest BCUT2D eigenvalue weighted by atomic mass is 9.85. The van der Waals surface area contributed by atoms with E-state index < -0.39 is 46.3 Å². The van der Waals surface area contributed by atoms with Crippen LogP contribution >= 0.6 is 28.1 Å². The Bertz CT molecular complexity index is 977. The van der Waals surface area contributed by atoms with E-state index in [9.17, 15) is 36.2 Å². The van der Waals surface area contributed by atoms with Crippen molar-refractivity contribution in [3.63, 3.8) is 0 Å². The molecule has 0 spiro atoms. The highest BCUT2D eigenvalue weighted by Crippen LogP contribution is 2.45. The zero-order valence-electron chi connectivity index (χ0n) is 15.5. The van der Waals surface area contributed by atoms with Gasteiger partial charge in [0.15, 0.2) is 5.11 Å². The molecule has 0 fully saturated rings. The summed E-state index contributed by atoms with van der Waals surface area (Å²) in [7, 11) is 0. The van der Waals surface area contributed by atoms with E-state index in [1.165, 1.54) is 24.3 Å². The van der Waals surface area contributed by atoms with E-state index in [2.05, 4.69) is 20.9 Å². The van der Waals surface area contributed by atoms with Gasteiger partial charge in [-0.1, -0.05) is 18.2 Å². The number of hydrogen-bond acceptors (Lipinski definition) is 4. The van der Waals surface area contributed by atoms with Crippen molar-refractivity contribution in [1.29, 1.82) is 0 Å². The van der Waals surface area contributed by atoms with Crippen LogP contribution < -0.4 is 10.6 Å². The highest BCUT2D eigenvalue weighted by Gasteiger charge is 2.66. The minimum Gasteiger partial charge on any atom is -0.379 e. The van der Waals surface area contributed by atoms with E-state index >= 15 is 0 Å². The molecule has 0 bridgehead atoms. The lowest BCUT2D eigenvalue weighted by molar-refractivity contribution is -0.288. The maximum Gasteiger partial charge on any atom is 0.420 e. The third kappa shape index (κ3) is 5.33. The van der Waals surface area contributed by atoms with E-state index in [0.717, 1.165) is 6.07 Å². The van der Waals surface area contributed by atoms with Gasteiger partial charge in [0.05, 0.1) is 0 Å². The maximum atomic E-state index is 15.0. The number of rotatable bonds is 5. The molecular weight excluding hydrogens is 516 g/mol. The van der Waals surface area contributed by atoms with Crippen molar-refractivity contribution in [2.24, 2.45) is 0 Å². The second-order valence-corrected chi connectivity index (χ2v) is 7.65. The molecule has 31 heavy (non-hydrogen) atoms. The van der Waals surface area contributed by atoms with Crippen molar-refractivity contribution in [3.05, 3.63) is 64.1 Å². The molecule has 1 amide bonds. The summed E-state index contributed by atoms with van der Waals surface area (Å²) in [5, 5.41) is 12.4. The van der Waals surface area contributed by atoms with E-state index in [0.29, 0.717) is 13.0 Å². The van der Waals surface area contributed by atoms with E-state index in [1.807, 2.05) is 10.6 Å². The Morgan fingerprint density at radius 1 is 1.13 bits per heavy atom. The summed E-state index contributed by atoms with van der Waals surface area (Å²) in [4.78, 5) is 15.7. The number of thiocarbonyl (C=S) groups is 1. The second kappa shape index (κ2) is 9.09. The first-order valence-corrected chi connectivity index (χ1v) is 9.54. The smallest absolute Gasteiger partial charge is 0.379 e. The number of alkyl halides is 5. The zero-order chi connectivity index (χ0) is 23.6. The topological polar surface area (TPSA) is 74.2 Å². The number of aliphatic hydroxyl groups is 1. The molecule has 2 aromatic rings. The van der Waals surface area contributed by atoms with Gasteiger partial charge in [0, 0.05) is 5.56 Å². The summed E-state index contributed by atoms with van der Waals surface area (Å²) in [5.41, 5.74) is -4.43. The third-order valence-electron chi connectivity index (χ3n) is 4.23. The van der Waals surface area contributed by atoms with Crippen LogP contribution in [0.1, 0.15) is 23.0 Å². The van der Waals surface area contributed by atoms with Crippen molar-refractivity contribution < 1.29 is 36.2 Å². The molecule has 2 rings (SSSR count). The Morgan fingerprint density at radius 3 is 2.26 bits per heavy atom. The second-order valence-electron chi connectivity index (χ2n) is 6.43. The number of benzene rings is 1. The fraction of sp³-hybridized carbons (Fsp3) is 0.278. The highest BCUT2D eigenvalue weighted by atomic mass is 79.9. The van der Waals surface area contributed by atoms with Crippen molar-refractivity contribution in [2.75, 3.05) is 0 Å². The van der Waals surface area contributed by atoms with Gasteiger partial charge in [-0.3, -0.25) is 10.1 Å². The van der Waals surface area contributed by atoms with Crippen molar-refractivity contribution in [1.82, 2.24) is 15.6 Å². The number of pyridine rings is 1. The molecule has 5 nitrogen and oxygen atoms in total. The largest absolute Gasteiger partial charge is 0.420 e.